The zero-order chi connectivity index (χ0) is 13.1. The number of hydrogen-bond acceptors (Lipinski definition) is 5. The third kappa shape index (κ3) is 3.16. The third-order valence-corrected chi connectivity index (χ3v) is 2.55. The van der Waals surface area contributed by atoms with Crippen molar-refractivity contribution in [3.8, 4) is 0 Å². The van der Waals surface area contributed by atoms with Crippen LogP contribution in [0, 0.1) is 0 Å². The quantitative estimate of drug-likeness (QED) is 0.663. The van der Waals surface area contributed by atoms with E-state index in [1.165, 1.54) is 12.4 Å². The predicted octanol–water partition coefficient (Wildman–Crippen LogP) is -0.544. The molecule has 2 amide bonds. The lowest BCUT2D eigenvalue weighted by Gasteiger charge is -2.13. The molecule has 1 aromatic rings. The Bertz CT molecular complexity index is 472. The van der Waals surface area contributed by atoms with E-state index in [1.807, 2.05) is 0 Å². The molecule has 0 aromatic carbocycles. The fourth-order valence-electron chi connectivity index (χ4n) is 1.38. The number of carbonyl (C=O) groups is 2. The maximum Gasteiger partial charge on any atom is 0.272 e. The summed E-state index contributed by atoms with van der Waals surface area (Å²) >= 11 is 0. The molecule has 4 N–H and O–H groups in total. The number of carbonyl (C=O) groups excluding carboxylic acids is 2. The number of aromatic nitrogens is 2. The van der Waals surface area contributed by atoms with Gasteiger partial charge in [-0.2, -0.15) is 0 Å². The Balaban J connectivity index is 1.91. The summed E-state index contributed by atoms with van der Waals surface area (Å²) in [5.41, 5.74) is 5.53. The van der Waals surface area contributed by atoms with Gasteiger partial charge in [0.1, 0.15) is 17.6 Å². The van der Waals surface area contributed by atoms with Gasteiger partial charge in [-0.05, 0) is 19.8 Å². The van der Waals surface area contributed by atoms with Gasteiger partial charge >= 0.3 is 0 Å². The topological polar surface area (TPSA) is 110 Å². The highest BCUT2D eigenvalue weighted by molar-refractivity contribution is 5.96. The van der Waals surface area contributed by atoms with E-state index in [0.29, 0.717) is 0 Å². The first-order valence-corrected chi connectivity index (χ1v) is 5.75. The van der Waals surface area contributed by atoms with Crippen LogP contribution in [-0.2, 0) is 4.79 Å². The molecule has 7 heteroatoms. The van der Waals surface area contributed by atoms with Crippen LogP contribution in [0.3, 0.4) is 0 Å². The van der Waals surface area contributed by atoms with Crippen molar-refractivity contribution in [3.05, 3.63) is 18.1 Å². The van der Waals surface area contributed by atoms with Gasteiger partial charge in [0.15, 0.2) is 0 Å². The Kier molecular flexibility index (Phi) is 3.40. The van der Waals surface area contributed by atoms with E-state index < -0.39 is 11.9 Å². The van der Waals surface area contributed by atoms with Crippen LogP contribution >= 0.6 is 0 Å². The van der Waals surface area contributed by atoms with Crippen molar-refractivity contribution in [3.63, 3.8) is 0 Å². The lowest BCUT2D eigenvalue weighted by atomic mass is 10.3. The van der Waals surface area contributed by atoms with Gasteiger partial charge in [-0.1, -0.05) is 0 Å². The zero-order valence-electron chi connectivity index (χ0n) is 10.0. The Hall–Kier alpha value is -2.18. The van der Waals surface area contributed by atoms with E-state index in [1.54, 1.807) is 6.92 Å². The van der Waals surface area contributed by atoms with Crippen LogP contribution in [0.15, 0.2) is 12.4 Å². The molecule has 0 aliphatic heterocycles. The summed E-state index contributed by atoms with van der Waals surface area (Å²) in [4.78, 5) is 31.0. The normalized spacial score (nSPS) is 15.8. The fourth-order valence-corrected chi connectivity index (χ4v) is 1.38. The molecule has 0 bridgehead atoms. The molecule has 1 saturated carbocycles. The van der Waals surface area contributed by atoms with E-state index in [2.05, 4.69) is 20.6 Å². The molecular formula is C11H15N5O2. The first-order valence-electron chi connectivity index (χ1n) is 5.75. The number of anilines is 1. The van der Waals surface area contributed by atoms with Crippen LogP contribution in [0.5, 0.6) is 0 Å². The lowest BCUT2D eigenvalue weighted by molar-refractivity contribution is -0.122. The number of nitrogens with one attached hydrogen (secondary N) is 2. The largest absolute Gasteiger partial charge is 0.382 e. The minimum atomic E-state index is -0.610. The molecule has 0 saturated heterocycles. The van der Waals surface area contributed by atoms with E-state index in [0.717, 1.165) is 12.8 Å². The van der Waals surface area contributed by atoms with Gasteiger partial charge in [0.25, 0.3) is 5.91 Å². The van der Waals surface area contributed by atoms with Crippen LogP contribution in [-0.4, -0.2) is 33.9 Å². The molecule has 0 spiro atoms. The molecule has 1 atom stereocenters. The van der Waals surface area contributed by atoms with Crippen molar-refractivity contribution < 1.29 is 9.59 Å². The van der Waals surface area contributed by atoms with Crippen LogP contribution in [0.4, 0.5) is 5.82 Å². The molecule has 1 heterocycles. The SMILES string of the molecule is CC(NC(=O)c1cncc(N)n1)C(=O)NC1CC1. The minimum absolute atomic E-state index is 0.0982. The second kappa shape index (κ2) is 4.99. The number of nitrogens with zero attached hydrogens (tertiary/aromatic N) is 2. The van der Waals surface area contributed by atoms with E-state index in [-0.39, 0.29) is 23.5 Å². The second-order valence-electron chi connectivity index (χ2n) is 4.31. The molecule has 1 aromatic heterocycles. The van der Waals surface area contributed by atoms with E-state index in [9.17, 15) is 9.59 Å². The molecule has 1 fully saturated rings. The van der Waals surface area contributed by atoms with Gasteiger partial charge in [-0.3, -0.25) is 14.6 Å². The van der Waals surface area contributed by atoms with E-state index in [4.69, 9.17) is 5.73 Å². The highest BCUT2D eigenvalue weighted by Crippen LogP contribution is 2.18. The summed E-state index contributed by atoms with van der Waals surface area (Å²) in [5.74, 6) is -0.492. The molecule has 1 aliphatic rings. The first kappa shape index (κ1) is 12.3. The van der Waals surface area contributed by atoms with Crippen molar-refractivity contribution in [2.24, 2.45) is 0 Å². The monoisotopic (exact) mass is 249 g/mol. The summed E-state index contributed by atoms with van der Waals surface area (Å²) in [6, 6.07) is -0.342. The van der Waals surface area contributed by atoms with Crippen LogP contribution in [0.2, 0.25) is 0 Å². The van der Waals surface area contributed by atoms with Crippen LogP contribution in [0.25, 0.3) is 0 Å². The maximum atomic E-state index is 11.8. The van der Waals surface area contributed by atoms with E-state index >= 15 is 0 Å². The van der Waals surface area contributed by atoms with Crippen molar-refractivity contribution in [2.45, 2.75) is 31.8 Å². The second-order valence-corrected chi connectivity index (χ2v) is 4.31. The zero-order valence-corrected chi connectivity index (χ0v) is 10.0. The number of nitrogen functional groups attached to an aromatic ring is 1. The third-order valence-electron chi connectivity index (χ3n) is 2.55. The van der Waals surface area contributed by atoms with Gasteiger partial charge in [-0.25, -0.2) is 4.98 Å². The molecule has 2 rings (SSSR count). The highest BCUT2D eigenvalue weighted by Gasteiger charge is 2.26. The molecule has 1 aliphatic carbocycles. The summed E-state index contributed by atoms with van der Waals surface area (Å²) in [7, 11) is 0. The average Bonchev–Trinajstić information content (AvgIpc) is 3.12. The maximum absolute atomic E-state index is 11.8. The Morgan fingerprint density at radius 1 is 1.44 bits per heavy atom. The average molecular weight is 249 g/mol. The lowest BCUT2D eigenvalue weighted by Crippen LogP contribution is -2.45. The molecule has 1 unspecified atom stereocenters. The first-order chi connectivity index (χ1) is 8.56. The summed E-state index contributed by atoms with van der Waals surface area (Å²) in [6.45, 7) is 1.62. The number of nitrogens with two attached hydrogens (primary N) is 1. The molecular weight excluding hydrogens is 234 g/mol. The van der Waals surface area contributed by atoms with Crippen molar-refractivity contribution in [1.29, 1.82) is 0 Å². The van der Waals surface area contributed by atoms with Gasteiger partial charge in [-0.15, -0.1) is 0 Å². The van der Waals surface area contributed by atoms with Gasteiger partial charge in [0.05, 0.1) is 12.4 Å². The van der Waals surface area contributed by atoms with Crippen molar-refractivity contribution in [2.75, 3.05) is 5.73 Å². The number of rotatable bonds is 4. The van der Waals surface area contributed by atoms with Gasteiger partial charge in [0, 0.05) is 6.04 Å². The molecule has 7 nitrogen and oxygen atoms in total. The summed E-state index contributed by atoms with van der Waals surface area (Å²) < 4.78 is 0. The standard InChI is InChI=1S/C11H15N5O2/c1-6(10(17)15-7-2-3-7)14-11(18)8-4-13-5-9(12)16-8/h4-7H,2-3H2,1H3,(H2,12,16)(H,14,18)(H,15,17). The van der Waals surface area contributed by atoms with Gasteiger partial charge < -0.3 is 16.4 Å². The number of hydrogen-bond donors (Lipinski definition) is 3. The van der Waals surface area contributed by atoms with Crippen molar-refractivity contribution >= 4 is 17.6 Å². The fraction of sp³-hybridized carbons (Fsp3) is 0.455. The van der Waals surface area contributed by atoms with Gasteiger partial charge in [0.2, 0.25) is 5.91 Å². The Labute approximate surface area is 104 Å². The summed E-state index contributed by atoms with van der Waals surface area (Å²) in [6.07, 6.45) is 4.66. The van der Waals surface area contributed by atoms with Crippen LogP contribution < -0.4 is 16.4 Å². The smallest absolute Gasteiger partial charge is 0.272 e. The predicted molar refractivity (Wildman–Crippen MR) is 64.5 cm³/mol. The Morgan fingerprint density at radius 2 is 2.17 bits per heavy atom. The Morgan fingerprint density at radius 3 is 2.78 bits per heavy atom. The van der Waals surface area contributed by atoms with Crippen molar-refractivity contribution in [1.82, 2.24) is 20.6 Å². The molecule has 0 radical (unpaired) electrons. The number of amides is 2. The highest BCUT2D eigenvalue weighted by atomic mass is 16.2. The van der Waals surface area contributed by atoms with Crippen LogP contribution in [0.1, 0.15) is 30.3 Å². The molecule has 18 heavy (non-hydrogen) atoms. The minimum Gasteiger partial charge on any atom is -0.382 e. The molecule has 96 valence electrons. The summed E-state index contributed by atoms with van der Waals surface area (Å²) in [5, 5.41) is 5.35.